The van der Waals surface area contributed by atoms with E-state index in [1.165, 1.54) is 0 Å². The quantitative estimate of drug-likeness (QED) is 0.409. The molecule has 0 radical (unpaired) electrons. The van der Waals surface area contributed by atoms with Crippen LogP contribution in [0.2, 0.25) is 0 Å². The van der Waals surface area contributed by atoms with E-state index in [0.717, 1.165) is 49.0 Å². The summed E-state index contributed by atoms with van der Waals surface area (Å²) in [5, 5.41) is 2.81. The number of nitrogens with zero attached hydrogens (tertiary/aromatic N) is 5. The van der Waals surface area contributed by atoms with Crippen LogP contribution >= 0.6 is 0 Å². The molecule has 1 aromatic carbocycles. The van der Waals surface area contributed by atoms with Crippen LogP contribution in [0, 0.1) is 0 Å². The van der Waals surface area contributed by atoms with Crippen molar-refractivity contribution in [3.05, 3.63) is 72.4 Å². The number of aromatic nitrogens is 4. The lowest BCUT2D eigenvalue weighted by molar-refractivity contribution is -0.142. The highest BCUT2D eigenvalue weighted by atomic mass is 16.5. The molecule has 3 saturated heterocycles. The number of fused-ring (bicyclic) bond motifs is 3. The van der Waals surface area contributed by atoms with E-state index in [-0.39, 0.29) is 35.9 Å². The van der Waals surface area contributed by atoms with Gasteiger partial charge in [-0.3, -0.25) is 14.0 Å². The van der Waals surface area contributed by atoms with E-state index >= 15 is 0 Å². The molecule has 3 fully saturated rings. The predicted octanol–water partition coefficient (Wildman–Crippen LogP) is 3.65. The third kappa shape index (κ3) is 4.02. The number of pyridine rings is 1. The second-order valence-electron chi connectivity index (χ2n) is 10.5. The largest absolute Gasteiger partial charge is 0.382 e. The summed E-state index contributed by atoms with van der Waals surface area (Å²) in [4.78, 5) is 41.7. The molecule has 3 aliphatic heterocycles. The molecule has 4 atom stereocenters. The van der Waals surface area contributed by atoms with Crippen molar-refractivity contribution in [2.75, 3.05) is 17.7 Å². The summed E-state index contributed by atoms with van der Waals surface area (Å²) < 4.78 is 7.76. The number of nitrogens with one attached hydrogen (secondary N) is 1. The van der Waals surface area contributed by atoms with Crippen molar-refractivity contribution in [1.29, 1.82) is 0 Å². The van der Waals surface area contributed by atoms with Crippen molar-refractivity contribution in [3.63, 3.8) is 0 Å². The number of amides is 2. The van der Waals surface area contributed by atoms with Gasteiger partial charge in [-0.1, -0.05) is 18.2 Å². The van der Waals surface area contributed by atoms with Crippen LogP contribution in [0.3, 0.4) is 0 Å². The molecule has 3 N–H and O–H groups in total. The normalized spacial score (nSPS) is 23.9. The first kappa shape index (κ1) is 23.8. The first-order chi connectivity index (χ1) is 19.1. The Kier molecular flexibility index (Phi) is 5.77. The van der Waals surface area contributed by atoms with Gasteiger partial charge < -0.3 is 20.7 Å². The van der Waals surface area contributed by atoms with Crippen LogP contribution < -0.4 is 11.1 Å². The molecular weight excluding hydrogens is 494 g/mol. The fraction of sp³-hybridized carbons (Fsp3) is 0.345. The van der Waals surface area contributed by atoms with Gasteiger partial charge in [0.05, 0.1) is 0 Å². The van der Waals surface area contributed by atoms with Crippen LogP contribution in [0.1, 0.15) is 54.2 Å². The van der Waals surface area contributed by atoms with Crippen molar-refractivity contribution in [3.8, 4) is 11.3 Å². The van der Waals surface area contributed by atoms with Gasteiger partial charge in [-0.05, 0) is 56.4 Å². The van der Waals surface area contributed by atoms with E-state index in [2.05, 4.69) is 20.2 Å². The van der Waals surface area contributed by atoms with Gasteiger partial charge >= 0.3 is 0 Å². The zero-order chi connectivity index (χ0) is 26.5. The monoisotopic (exact) mass is 523 g/mol. The zero-order valence-corrected chi connectivity index (χ0v) is 21.4. The molecule has 10 nitrogen and oxygen atoms in total. The van der Waals surface area contributed by atoms with Crippen LogP contribution in [-0.4, -0.2) is 60.9 Å². The second kappa shape index (κ2) is 9.46. The van der Waals surface area contributed by atoms with E-state index in [1.54, 1.807) is 36.7 Å². The third-order valence-corrected chi connectivity index (χ3v) is 8.27. The molecule has 2 amide bonds. The molecule has 0 spiro atoms. The highest BCUT2D eigenvalue weighted by Gasteiger charge is 2.52. The Balaban J connectivity index is 1.20. The number of hydrogen-bond donors (Lipinski definition) is 2. The van der Waals surface area contributed by atoms with Crippen molar-refractivity contribution in [1.82, 2.24) is 24.3 Å². The minimum atomic E-state index is -0.312. The van der Waals surface area contributed by atoms with Gasteiger partial charge in [-0.15, -0.1) is 0 Å². The summed E-state index contributed by atoms with van der Waals surface area (Å²) >= 11 is 0. The molecule has 4 unspecified atom stereocenters. The van der Waals surface area contributed by atoms with Crippen LogP contribution in [0.4, 0.5) is 11.6 Å². The maximum atomic E-state index is 13.3. The molecule has 7 rings (SSSR count). The number of carbonyl (C=O) groups excluding carboxylic acids is 2. The fourth-order valence-corrected chi connectivity index (χ4v) is 6.50. The lowest BCUT2D eigenvalue weighted by Crippen LogP contribution is -2.42. The van der Waals surface area contributed by atoms with E-state index in [1.807, 2.05) is 28.8 Å². The van der Waals surface area contributed by atoms with Gasteiger partial charge in [0.25, 0.3) is 11.8 Å². The topological polar surface area (TPSA) is 128 Å². The van der Waals surface area contributed by atoms with Crippen molar-refractivity contribution in [2.45, 2.75) is 56.2 Å². The van der Waals surface area contributed by atoms with E-state index in [0.29, 0.717) is 29.5 Å². The van der Waals surface area contributed by atoms with Crippen molar-refractivity contribution >= 4 is 29.0 Å². The molecule has 4 aromatic rings. The van der Waals surface area contributed by atoms with Gasteiger partial charge in [-0.2, -0.15) is 0 Å². The third-order valence-electron chi connectivity index (χ3n) is 8.27. The molecule has 3 aromatic heterocycles. The molecule has 0 aliphatic carbocycles. The molecule has 2 bridgehead atoms. The van der Waals surface area contributed by atoms with Crippen LogP contribution in [-0.2, 0) is 9.53 Å². The molecule has 6 heterocycles. The Morgan fingerprint density at radius 3 is 2.67 bits per heavy atom. The van der Waals surface area contributed by atoms with Crippen molar-refractivity contribution < 1.29 is 14.3 Å². The zero-order valence-electron chi connectivity index (χ0n) is 21.4. The second-order valence-corrected chi connectivity index (χ2v) is 10.5. The average molecular weight is 524 g/mol. The number of anilines is 2. The Labute approximate surface area is 225 Å². The summed E-state index contributed by atoms with van der Waals surface area (Å²) in [6, 6.07) is 13.0. The minimum Gasteiger partial charge on any atom is -0.382 e. The number of carbonyl (C=O) groups is 2. The lowest BCUT2D eigenvalue weighted by Gasteiger charge is -2.26. The number of imidazole rings is 1. The van der Waals surface area contributed by atoms with Gasteiger partial charge in [0.2, 0.25) is 0 Å². The van der Waals surface area contributed by atoms with Crippen LogP contribution in [0.25, 0.3) is 16.8 Å². The summed E-state index contributed by atoms with van der Waals surface area (Å²) in [5.74, 6) is 1.76. The standard InChI is InChI=1S/C29H29N7O3/c30-26-25-24(17-6-8-18(9-7-17)28(37)33-23-5-1-2-12-31-23)34-27(35(25)14-13-32-26)20-16-19-10-11-21(20)36(19)29(38)22-4-3-15-39-22/h1-2,5-9,12-14,19-22H,3-4,10-11,15-16H2,(H2,30,32)(H,31,33,37). The number of benzene rings is 1. The Hall–Kier alpha value is -4.31. The van der Waals surface area contributed by atoms with Gasteiger partial charge in [0.1, 0.15) is 34.8 Å². The van der Waals surface area contributed by atoms with E-state index in [4.69, 9.17) is 15.5 Å². The Morgan fingerprint density at radius 1 is 1.03 bits per heavy atom. The highest BCUT2D eigenvalue weighted by Crippen LogP contribution is 2.48. The predicted molar refractivity (Wildman–Crippen MR) is 145 cm³/mol. The first-order valence-electron chi connectivity index (χ1n) is 13.5. The Morgan fingerprint density at radius 2 is 1.90 bits per heavy atom. The fourth-order valence-electron chi connectivity index (χ4n) is 6.50. The van der Waals surface area contributed by atoms with Crippen LogP contribution in [0.5, 0.6) is 0 Å². The Bertz CT molecular complexity index is 1550. The molecule has 3 aliphatic rings. The molecule has 0 saturated carbocycles. The molecule has 39 heavy (non-hydrogen) atoms. The summed E-state index contributed by atoms with van der Waals surface area (Å²) in [7, 11) is 0. The maximum Gasteiger partial charge on any atom is 0.256 e. The lowest BCUT2D eigenvalue weighted by atomic mass is 9.88. The summed E-state index contributed by atoms with van der Waals surface area (Å²) in [6.45, 7) is 0.660. The number of ether oxygens (including phenoxy) is 1. The van der Waals surface area contributed by atoms with Gasteiger partial charge in [0, 0.05) is 54.3 Å². The number of nitrogen functional groups attached to an aromatic ring is 1. The van der Waals surface area contributed by atoms with E-state index in [9.17, 15) is 9.59 Å². The van der Waals surface area contributed by atoms with Crippen molar-refractivity contribution in [2.24, 2.45) is 0 Å². The average Bonchev–Trinajstić information content (AvgIpc) is 3.77. The van der Waals surface area contributed by atoms with Gasteiger partial charge in [0.15, 0.2) is 0 Å². The summed E-state index contributed by atoms with van der Waals surface area (Å²) in [6.07, 6.45) is 9.48. The SMILES string of the molecule is Nc1nccn2c(C3CC4CCC3N4C(=O)C3CCCO3)nc(-c3ccc(C(=O)Nc4ccccn4)cc3)c12. The highest BCUT2D eigenvalue weighted by molar-refractivity contribution is 6.04. The number of hydrogen-bond acceptors (Lipinski definition) is 7. The van der Waals surface area contributed by atoms with E-state index < -0.39 is 0 Å². The molecule has 198 valence electrons. The van der Waals surface area contributed by atoms with Crippen LogP contribution in [0.15, 0.2) is 61.1 Å². The maximum absolute atomic E-state index is 13.3. The molecule has 10 heteroatoms. The number of nitrogens with two attached hydrogens (primary N) is 1. The first-order valence-corrected chi connectivity index (χ1v) is 13.5. The number of rotatable bonds is 5. The summed E-state index contributed by atoms with van der Waals surface area (Å²) in [5.41, 5.74) is 9.18. The van der Waals surface area contributed by atoms with Gasteiger partial charge in [-0.25, -0.2) is 15.0 Å². The molecular formula is C29H29N7O3. The minimum absolute atomic E-state index is 0.0946. The smallest absolute Gasteiger partial charge is 0.256 e.